The molecule has 2 aromatic carbocycles. The second-order valence-corrected chi connectivity index (χ2v) is 9.17. The minimum Gasteiger partial charge on any atom is -0.449 e. The van der Waals surface area contributed by atoms with Crippen LogP contribution in [0, 0.1) is 0 Å². The number of carbonyl (C=O) groups excluding carboxylic acids is 2. The van der Waals surface area contributed by atoms with Crippen LogP contribution in [0.2, 0.25) is 0 Å². The summed E-state index contributed by atoms with van der Waals surface area (Å²) in [5.41, 5.74) is 4.89. The number of carbonyl (C=O) groups is 2. The molecule has 0 saturated carbocycles. The van der Waals surface area contributed by atoms with E-state index in [4.69, 9.17) is 9.72 Å². The number of rotatable bonds is 5. The SMILES string of the molecule is CC(OC(=O)c1cc(-c2ccccc2)nc2c1cnn2C(C)C)C(=O)N1CCc2ccccc2C1. The number of ether oxygens (including phenoxy) is 1. The first-order chi connectivity index (χ1) is 16.9. The Balaban J connectivity index is 1.42. The lowest BCUT2D eigenvalue weighted by Gasteiger charge is -2.30. The Morgan fingerprint density at radius 1 is 0.971 bits per heavy atom. The minimum atomic E-state index is -0.906. The Bertz CT molecular complexity index is 1390. The Labute approximate surface area is 204 Å². The second-order valence-electron chi connectivity index (χ2n) is 9.17. The predicted molar refractivity (Wildman–Crippen MR) is 134 cm³/mol. The highest BCUT2D eigenvalue weighted by Gasteiger charge is 2.28. The third-order valence-electron chi connectivity index (χ3n) is 6.42. The van der Waals surface area contributed by atoms with Crippen molar-refractivity contribution in [2.75, 3.05) is 6.54 Å². The van der Waals surface area contributed by atoms with E-state index >= 15 is 0 Å². The van der Waals surface area contributed by atoms with E-state index in [2.05, 4.69) is 11.2 Å². The average molecular weight is 469 g/mol. The maximum absolute atomic E-state index is 13.4. The zero-order chi connectivity index (χ0) is 24.5. The van der Waals surface area contributed by atoms with Gasteiger partial charge in [-0.3, -0.25) is 4.79 Å². The normalized spacial score (nSPS) is 14.1. The zero-order valence-electron chi connectivity index (χ0n) is 20.1. The summed E-state index contributed by atoms with van der Waals surface area (Å²) >= 11 is 0. The van der Waals surface area contributed by atoms with E-state index in [-0.39, 0.29) is 11.9 Å². The lowest BCUT2D eigenvalue weighted by atomic mass is 9.99. The monoisotopic (exact) mass is 468 g/mol. The van der Waals surface area contributed by atoms with Gasteiger partial charge < -0.3 is 9.64 Å². The molecule has 0 spiro atoms. The molecule has 1 unspecified atom stereocenters. The molecule has 2 aromatic heterocycles. The molecule has 4 aromatic rings. The molecule has 7 heteroatoms. The molecule has 1 aliphatic heterocycles. The van der Waals surface area contributed by atoms with Crippen LogP contribution >= 0.6 is 0 Å². The first-order valence-electron chi connectivity index (χ1n) is 11.9. The van der Waals surface area contributed by atoms with Crippen molar-refractivity contribution in [1.82, 2.24) is 19.7 Å². The quantitative estimate of drug-likeness (QED) is 0.393. The van der Waals surface area contributed by atoms with Crippen LogP contribution in [0.3, 0.4) is 0 Å². The predicted octanol–water partition coefficient (Wildman–Crippen LogP) is 4.81. The molecule has 0 fully saturated rings. The Morgan fingerprint density at radius 3 is 2.43 bits per heavy atom. The highest BCUT2D eigenvalue weighted by atomic mass is 16.5. The van der Waals surface area contributed by atoms with Gasteiger partial charge in [0.1, 0.15) is 0 Å². The number of hydrogen-bond acceptors (Lipinski definition) is 5. The maximum Gasteiger partial charge on any atom is 0.339 e. The summed E-state index contributed by atoms with van der Waals surface area (Å²) in [6, 6.07) is 19.6. The number of fused-ring (bicyclic) bond motifs is 2. The summed E-state index contributed by atoms with van der Waals surface area (Å²) < 4.78 is 7.50. The second kappa shape index (κ2) is 9.33. The topological polar surface area (TPSA) is 77.3 Å². The average Bonchev–Trinajstić information content (AvgIpc) is 3.32. The van der Waals surface area contributed by atoms with Crippen LogP contribution < -0.4 is 0 Å². The molecule has 0 radical (unpaired) electrons. The van der Waals surface area contributed by atoms with Crippen molar-refractivity contribution in [3.8, 4) is 11.3 Å². The van der Waals surface area contributed by atoms with Gasteiger partial charge in [0.05, 0.1) is 22.8 Å². The van der Waals surface area contributed by atoms with Gasteiger partial charge in [0.2, 0.25) is 0 Å². The fourth-order valence-electron chi connectivity index (χ4n) is 4.54. The summed E-state index contributed by atoms with van der Waals surface area (Å²) in [5.74, 6) is -0.754. The van der Waals surface area contributed by atoms with Crippen LogP contribution in [0.5, 0.6) is 0 Å². The Kier molecular flexibility index (Phi) is 6.07. The first kappa shape index (κ1) is 22.8. The van der Waals surface area contributed by atoms with Gasteiger partial charge in [0.25, 0.3) is 5.91 Å². The summed E-state index contributed by atoms with van der Waals surface area (Å²) in [5, 5.41) is 5.06. The molecular weight excluding hydrogens is 440 g/mol. The third kappa shape index (κ3) is 4.41. The number of esters is 1. The van der Waals surface area contributed by atoms with Crippen LogP contribution in [-0.2, 0) is 22.5 Å². The highest BCUT2D eigenvalue weighted by Crippen LogP contribution is 2.27. The van der Waals surface area contributed by atoms with E-state index in [1.165, 1.54) is 5.56 Å². The molecule has 178 valence electrons. The van der Waals surface area contributed by atoms with E-state index in [1.54, 1.807) is 28.8 Å². The van der Waals surface area contributed by atoms with Gasteiger partial charge in [0.15, 0.2) is 11.8 Å². The van der Waals surface area contributed by atoms with Crippen LogP contribution in [-0.4, -0.2) is 44.2 Å². The lowest BCUT2D eigenvalue weighted by Crippen LogP contribution is -2.42. The van der Waals surface area contributed by atoms with Crippen molar-refractivity contribution in [1.29, 1.82) is 0 Å². The minimum absolute atomic E-state index is 0.0670. The lowest BCUT2D eigenvalue weighted by molar-refractivity contribution is -0.140. The molecule has 1 aliphatic rings. The maximum atomic E-state index is 13.4. The van der Waals surface area contributed by atoms with Gasteiger partial charge >= 0.3 is 5.97 Å². The molecule has 35 heavy (non-hydrogen) atoms. The molecule has 0 saturated heterocycles. The molecule has 1 amide bonds. The molecular formula is C28H28N4O3. The van der Waals surface area contributed by atoms with Crippen molar-refractivity contribution in [2.24, 2.45) is 0 Å². The fraction of sp³-hybridized carbons (Fsp3) is 0.286. The third-order valence-corrected chi connectivity index (χ3v) is 6.42. The summed E-state index contributed by atoms with van der Waals surface area (Å²) in [6.45, 7) is 6.79. The van der Waals surface area contributed by atoms with E-state index < -0.39 is 12.1 Å². The van der Waals surface area contributed by atoms with Gasteiger partial charge in [-0.2, -0.15) is 5.10 Å². The number of pyridine rings is 1. The number of nitrogens with zero attached hydrogens (tertiary/aromatic N) is 4. The fourth-order valence-corrected chi connectivity index (χ4v) is 4.54. The Hall–Kier alpha value is -4.00. The van der Waals surface area contributed by atoms with Crippen molar-refractivity contribution >= 4 is 22.9 Å². The molecule has 1 atom stereocenters. The zero-order valence-corrected chi connectivity index (χ0v) is 20.1. The number of benzene rings is 2. The summed E-state index contributed by atoms with van der Waals surface area (Å²) in [7, 11) is 0. The van der Waals surface area contributed by atoms with Crippen LogP contribution in [0.15, 0.2) is 66.9 Å². The highest BCUT2D eigenvalue weighted by molar-refractivity contribution is 6.04. The van der Waals surface area contributed by atoms with E-state index in [1.807, 2.05) is 62.4 Å². The van der Waals surface area contributed by atoms with Gasteiger partial charge in [0, 0.05) is 24.7 Å². The molecule has 5 rings (SSSR count). The van der Waals surface area contributed by atoms with Crippen molar-refractivity contribution in [3.63, 3.8) is 0 Å². The van der Waals surface area contributed by atoms with Gasteiger partial charge in [-0.15, -0.1) is 0 Å². The van der Waals surface area contributed by atoms with Gasteiger partial charge in [-0.1, -0.05) is 54.6 Å². The molecule has 7 nitrogen and oxygen atoms in total. The molecule has 0 bridgehead atoms. The van der Waals surface area contributed by atoms with E-state index in [0.717, 1.165) is 17.5 Å². The largest absolute Gasteiger partial charge is 0.449 e. The summed E-state index contributed by atoms with van der Waals surface area (Å²) in [6.07, 6.45) is 1.53. The van der Waals surface area contributed by atoms with Crippen molar-refractivity contribution in [2.45, 2.75) is 45.9 Å². The molecule has 0 N–H and O–H groups in total. The molecule has 0 aliphatic carbocycles. The number of amides is 1. The van der Waals surface area contributed by atoms with E-state index in [9.17, 15) is 9.59 Å². The van der Waals surface area contributed by atoms with Crippen LogP contribution in [0.4, 0.5) is 0 Å². The number of aromatic nitrogens is 3. The van der Waals surface area contributed by atoms with Crippen LogP contribution in [0.25, 0.3) is 22.3 Å². The molecule has 3 heterocycles. The first-order valence-corrected chi connectivity index (χ1v) is 11.9. The van der Waals surface area contributed by atoms with E-state index in [0.29, 0.717) is 35.4 Å². The number of hydrogen-bond donors (Lipinski definition) is 0. The van der Waals surface area contributed by atoms with Crippen molar-refractivity contribution < 1.29 is 14.3 Å². The standard InChI is InChI=1S/C28H28N4O3/c1-18(2)32-26-24(16-29-32)23(15-25(30-26)21-10-5-4-6-11-21)28(34)35-19(3)27(33)31-14-13-20-9-7-8-12-22(20)17-31/h4-12,15-16,18-19H,13-14,17H2,1-3H3. The van der Waals surface area contributed by atoms with Crippen LogP contribution in [0.1, 0.15) is 48.3 Å². The van der Waals surface area contributed by atoms with Gasteiger partial charge in [-0.05, 0) is 44.4 Å². The summed E-state index contributed by atoms with van der Waals surface area (Å²) in [4.78, 5) is 33.1. The Morgan fingerprint density at radius 2 is 1.69 bits per heavy atom. The van der Waals surface area contributed by atoms with Gasteiger partial charge in [-0.25, -0.2) is 14.5 Å². The van der Waals surface area contributed by atoms with Crippen molar-refractivity contribution in [3.05, 3.63) is 83.6 Å². The smallest absolute Gasteiger partial charge is 0.339 e.